The predicted molar refractivity (Wildman–Crippen MR) is 94.2 cm³/mol. The fraction of sp³-hybridized carbons (Fsp3) is 0.588. The number of aryl methyl sites for hydroxylation is 1. The molecule has 3 heterocycles. The zero-order valence-corrected chi connectivity index (χ0v) is 15.8. The first-order valence-corrected chi connectivity index (χ1v) is 8.65. The summed E-state index contributed by atoms with van der Waals surface area (Å²) >= 11 is 0. The zero-order chi connectivity index (χ0) is 19.1. The van der Waals surface area contributed by atoms with Crippen molar-refractivity contribution in [3.05, 3.63) is 30.1 Å². The van der Waals surface area contributed by atoms with Crippen molar-refractivity contribution in [3.8, 4) is 0 Å². The monoisotopic (exact) mass is 359 g/mol. The van der Waals surface area contributed by atoms with Gasteiger partial charge in [-0.15, -0.1) is 5.10 Å². The van der Waals surface area contributed by atoms with Crippen LogP contribution in [0, 0.1) is 0 Å². The van der Waals surface area contributed by atoms with Crippen LogP contribution in [0.2, 0.25) is 0 Å². The molecule has 0 bridgehead atoms. The van der Waals surface area contributed by atoms with Gasteiger partial charge in [-0.25, -0.2) is 9.67 Å². The first kappa shape index (κ1) is 18.1. The van der Waals surface area contributed by atoms with Crippen LogP contribution in [0.4, 0.5) is 0 Å². The van der Waals surface area contributed by atoms with E-state index in [1.807, 2.05) is 33.9 Å². The zero-order valence-electron chi connectivity index (χ0n) is 15.8. The first-order chi connectivity index (χ1) is 12.2. The van der Waals surface area contributed by atoms with Gasteiger partial charge in [0.2, 0.25) is 11.7 Å². The number of likely N-dealkylation sites (N-methyl/N-ethyl adjacent to an activating group) is 1. The van der Waals surface area contributed by atoms with Gasteiger partial charge in [-0.1, -0.05) is 0 Å². The lowest BCUT2D eigenvalue weighted by Crippen LogP contribution is -2.51. The van der Waals surface area contributed by atoms with Gasteiger partial charge in [-0.2, -0.15) is 5.10 Å². The van der Waals surface area contributed by atoms with Crippen LogP contribution < -0.4 is 5.32 Å². The summed E-state index contributed by atoms with van der Waals surface area (Å²) < 4.78 is 3.39. The Hall–Kier alpha value is -2.71. The van der Waals surface area contributed by atoms with Gasteiger partial charge in [0.1, 0.15) is 6.33 Å². The van der Waals surface area contributed by atoms with Gasteiger partial charge in [-0.3, -0.25) is 14.3 Å². The molecule has 1 aliphatic rings. The Balaban J connectivity index is 1.82. The highest BCUT2D eigenvalue weighted by Gasteiger charge is 2.37. The van der Waals surface area contributed by atoms with Gasteiger partial charge in [0, 0.05) is 26.7 Å². The topological polar surface area (TPSA) is 97.9 Å². The van der Waals surface area contributed by atoms with Crippen LogP contribution in [-0.4, -0.2) is 54.3 Å². The van der Waals surface area contributed by atoms with Crippen molar-refractivity contribution in [1.29, 1.82) is 0 Å². The summed E-state index contributed by atoms with van der Waals surface area (Å²) in [7, 11) is 3.58. The number of hydrogen-bond donors (Lipinski definition) is 1. The smallest absolute Gasteiger partial charge is 0.291 e. The molecule has 2 aromatic heterocycles. The number of hydrogen-bond acceptors (Lipinski definition) is 5. The van der Waals surface area contributed by atoms with Gasteiger partial charge in [0.15, 0.2) is 0 Å². The fourth-order valence-electron chi connectivity index (χ4n) is 3.19. The van der Waals surface area contributed by atoms with Gasteiger partial charge < -0.3 is 10.2 Å². The quantitative estimate of drug-likeness (QED) is 0.876. The van der Waals surface area contributed by atoms with Crippen molar-refractivity contribution < 1.29 is 9.59 Å². The number of nitrogens with one attached hydrogen (secondary N) is 1. The first-order valence-electron chi connectivity index (χ1n) is 8.65. The maximum absolute atomic E-state index is 12.7. The van der Waals surface area contributed by atoms with E-state index in [2.05, 4.69) is 20.5 Å². The summed E-state index contributed by atoms with van der Waals surface area (Å²) in [6.45, 7) is 5.97. The fourth-order valence-corrected chi connectivity index (χ4v) is 3.19. The Bertz CT molecular complexity index is 817. The van der Waals surface area contributed by atoms with Gasteiger partial charge in [0.25, 0.3) is 5.91 Å². The highest BCUT2D eigenvalue weighted by atomic mass is 16.2. The van der Waals surface area contributed by atoms with E-state index in [0.29, 0.717) is 12.8 Å². The number of piperidine rings is 1. The summed E-state index contributed by atoms with van der Waals surface area (Å²) in [5.41, 5.74) is 0.624. The van der Waals surface area contributed by atoms with E-state index < -0.39 is 0 Å². The third-order valence-corrected chi connectivity index (χ3v) is 4.72. The van der Waals surface area contributed by atoms with Crippen LogP contribution >= 0.6 is 0 Å². The molecule has 2 aromatic rings. The average molecular weight is 359 g/mol. The van der Waals surface area contributed by atoms with E-state index in [4.69, 9.17) is 0 Å². The largest absolute Gasteiger partial charge is 0.344 e. The molecule has 0 aromatic carbocycles. The van der Waals surface area contributed by atoms with Gasteiger partial charge in [0.05, 0.1) is 23.3 Å². The molecule has 26 heavy (non-hydrogen) atoms. The van der Waals surface area contributed by atoms with Crippen molar-refractivity contribution in [2.75, 3.05) is 7.05 Å². The lowest BCUT2D eigenvalue weighted by atomic mass is 9.93. The molecule has 1 N–H and O–H groups in total. The second-order valence-electron chi connectivity index (χ2n) is 7.63. The molecule has 0 unspecified atom stereocenters. The van der Waals surface area contributed by atoms with E-state index in [-0.39, 0.29) is 35.3 Å². The molecule has 0 saturated carbocycles. The molecule has 1 aliphatic heterocycles. The van der Waals surface area contributed by atoms with Crippen molar-refractivity contribution in [2.24, 2.45) is 7.05 Å². The Kier molecular flexibility index (Phi) is 4.55. The molecule has 1 fully saturated rings. The van der Waals surface area contributed by atoms with E-state index in [9.17, 15) is 9.59 Å². The molecule has 9 nitrogen and oxygen atoms in total. The molecular weight excluding hydrogens is 334 g/mol. The summed E-state index contributed by atoms with van der Waals surface area (Å²) in [6, 6.07) is 1.35. The average Bonchev–Trinajstić information content (AvgIpc) is 3.20. The Morgan fingerprint density at radius 1 is 1.31 bits per heavy atom. The second-order valence-corrected chi connectivity index (χ2v) is 7.63. The number of carbonyl (C=O) groups excluding carboxylic acids is 2. The number of nitrogens with zero attached hydrogens (tertiary/aromatic N) is 6. The number of likely N-dealkylation sites (tertiary alicyclic amines) is 1. The number of amides is 2. The van der Waals surface area contributed by atoms with Crippen LogP contribution in [0.5, 0.6) is 0 Å². The minimum absolute atomic E-state index is 0.0526. The summed E-state index contributed by atoms with van der Waals surface area (Å²) in [5.74, 6) is -0.159. The maximum Gasteiger partial charge on any atom is 0.291 e. The van der Waals surface area contributed by atoms with Crippen molar-refractivity contribution in [1.82, 2.24) is 34.8 Å². The van der Waals surface area contributed by atoms with Crippen LogP contribution in [0.1, 0.15) is 56.0 Å². The molecule has 1 saturated heterocycles. The molecule has 2 amide bonds. The summed E-state index contributed by atoms with van der Waals surface area (Å²) in [4.78, 5) is 30.7. The molecule has 0 aliphatic carbocycles. The molecular formula is C17H25N7O2. The molecule has 0 radical (unpaired) electrons. The van der Waals surface area contributed by atoms with E-state index in [0.717, 1.165) is 5.69 Å². The summed E-state index contributed by atoms with van der Waals surface area (Å²) in [6.07, 6.45) is 4.20. The normalized spacial score (nSPS) is 21.1. The molecule has 3 rings (SSSR count). The molecule has 140 valence electrons. The van der Waals surface area contributed by atoms with Crippen LogP contribution in [0.15, 0.2) is 18.6 Å². The lowest BCUT2D eigenvalue weighted by Gasteiger charge is -2.39. The van der Waals surface area contributed by atoms with E-state index >= 15 is 0 Å². The van der Waals surface area contributed by atoms with Crippen LogP contribution in [0.25, 0.3) is 0 Å². The third kappa shape index (κ3) is 3.33. The highest BCUT2D eigenvalue weighted by molar-refractivity contribution is 5.90. The number of aromatic nitrogens is 5. The van der Waals surface area contributed by atoms with E-state index in [1.165, 1.54) is 0 Å². The van der Waals surface area contributed by atoms with Crippen molar-refractivity contribution in [2.45, 2.75) is 51.2 Å². The Morgan fingerprint density at radius 2 is 2.04 bits per heavy atom. The number of rotatable bonds is 3. The van der Waals surface area contributed by atoms with Crippen LogP contribution in [-0.2, 0) is 17.4 Å². The lowest BCUT2D eigenvalue weighted by molar-refractivity contribution is -0.136. The Morgan fingerprint density at radius 3 is 2.62 bits per heavy atom. The van der Waals surface area contributed by atoms with Crippen molar-refractivity contribution >= 4 is 11.8 Å². The standard InChI is InChI=1S/C17H25N7O2/c1-17(2,3)24-10-18-15(21-24)16(26)20-11-6-7-13(25)22(4)14(11)12-8-9-19-23(12)5/h8-11,14H,6-7H2,1-5H3,(H,20,26)/t11-,14-/m1/s1. The third-order valence-electron chi connectivity index (χ3n) is 4.72. The highest BCUT2D eigenvalue weighted by Crippen LogP contribution is 2.30. The predicted octanol–water partition coefficient (Wildman–Crippen LogP) is 0.858. The Labute approximate surface area is 152 Å². The molecule has 9 heteroatoms. The van der Waals surface area contributed by atoms with Crippen LogP contribution in [0.3, 0.4) is 0 Å². The van der Waals surface area contributed by atoms with Gasteiger partial charge in [-0.05, 0) is 33.3 Å². The van der Waals surface area contributed by atoms with Gasteiger partial charge >= 0.3 is 0 Å². The second kappa shape index (κ2) is 6.54. The summed E-state index contributed by atoms with van der Waals surface area (Å²) in [5, 5.41) is 11.5. The SMILES string of the molecule is CN1C(=O)CC[C@@H](NC(=O)c2ncn(C(C)(C)C)n2)[C@@H]1c1ccnn1C. The number of carbonyl (C=O) groups is 2. The minimum Gasteiger partial charge on any atom is -0.344 e. The van der Waals surface area contributed by atoms with Crippen molar-refractivity contribution in [3.63, 3.8) is 0 Å². The molecule has 0 spiro atoms. The van der Waals surface area contributed by atoms with E-state index in [1.54, 1.807) is 33.8 Å². The maximum atomic E-state index is 12.7. The molecule has 2 atom stereocenters. The minimum atomic E-state index is -0.340.